The summed E-state index contributed by atoms with van der Waals surface area (Å²) < 4.78 is 7.51. The quantitative estimate of drug-likeness (QED) is 0.728. The van der Waals surface area contributed by atoms with Crippen molar-refractivity contribution in [2.75, 3.05) is 5.32 Å². The number of anilines is 1. The van der Waals surface area contributed by atoms with Crippen LogP contribution in [-0.4, -0.2) is 16.6 Å². The fraction of sp³-hybridized carbons (Fsp3) is 0.100. The zero-order valence-corrected chi connectivity index (χ0v) is 14.8. The van der Waals surface area contributed by atoms with Crippen LogP contribution >= 0.6 is 11.6 Å². The van der Waals surface area contributed by atoms with Crippen molar-refractivity contribution < 1.29 is 9.53 Å². The summed E-state index contributed by atoms with van der Waals surface area (Å²) in [6.07, 6.45) is 3.00. The molecule has 130 valence electrons. The summed E-state index contributed by atoms with van der Waals surface area (Å²) in [6.45, 7) is 1.65. The third-order valence-electron chi connectivity index (χ3n) is 3.75. The topological polar surface area (TPSA) is 67.0 Å². The van der Waals surface area contributed by atoms with Gasteiger partial charge in [-0.05, 0) is 55.5 Å². The number of carbonyl (C=O) groups excluding carboxylic acids is 1. The molecule has 2 aromatic carbocycles. The highest BCUT2D eigenvalue weighted by Gasteiger charge is 2.17. The standard InChI is InChI=1S/C20H16ClN3O2/c1-14(26-17-6-4-5-15(11-17)13-22)20(25)23-18-8-7-16(21)12-19(18)24-9-2-3-10-24/h2-12,14H,1H3,(H,23,25). The summed E-state index contributed by atoms with van der Waals surface area (Å²) in [7, 11) is 0. The SMILES string of the molecule is CC(Oc1cccc(C#N)c1)C(=O)Nc1ccc(Cl)cc1-n1cccc1. The van der Waals surface area contributed by atoms with Crippen LogP contribution in [-0.2, 0) is 4.79 Å². The minimum Gasteiger partial charge on any atom is -0.481 e. The normalized spacial score (nSPS) is 11.4. The predicted molar refractivity (Wildman–Crippen MR) is 101 cm³/mol. The molecule has 0 fully saturated rings. The molecule has 0 aliphatic carbocycles. The number of ether oxygens (including phenoxy) is 1. The molecule has 0 saturated carbocycles. The highest BCUT2D eigenvalue weighted by atomic mass is 35.5. The molecule has 1 amide bonds. The van der Waals surface area contributed by atoms with E-state index in [9.17, 15) is 4.79 Å². The number of nitrogens with one attached hydrogen (secondary N) is 1. The smallest absolute Gasteiger partial charge is 0.265 e. The van der Waals surface area contributed by atoms with E-state index in [-0.39, 0.29) is 5.91 Å². The largest absolute Gasteiger partial charge is 0.481 e. The van der Waals surface area contributed by atoms with Crippen LogP contribution in [0.1, 0.15) is 12.5 Å². The maximum atomic E-state index is 12.5. The number of hydrogen-bond donors (Lipinski definition) is 1. The Bertz CT molecular complexity index is 961. The molecule has 0 saturated heterocycles. The lowest BCUT2D eigenvalue weighted by atomic mass is 10.2. The minimum absolute atomic E-state index is 0.303. The second kappa shape index (κ2) is 7.77. The van der Waals surface area contributed by atoms with Gasteiger partial charge in [-0.15, -0.1) is 0 Å². The maximum Gasteiger partial charge on any atom is 0.265 e. The van der Waals surface area contributed by atoms with Crippen molar-refractivity contribution in [1.29, 1.82) is 5.26 Å². The molecule has 3 aromatic rings. The summed E-state index contributed by atoms with van der Waals surface area (Å²) in [5.74, 6) is 0.163. The average molecular weight is 366 g/mol. The molecule has 1 unspecified atom stereocenters. The fourth-order valence-corrected chi connectivity index (χ4v) is 2.62. The number of nitriles is 1. The molecule has 26 heavy (non-hydrogen) atoms. The number of carbonyl (C=O) groups is 1. The Kier molecular flexibility index (Phi) is 5.26. The Morgan fingerprint density at radius 2 is 1.96 bits per heavy atom. The van der Waals surface area contributed by atoms with Gasteiger partial charge in [-0.2, -0.15) is 5.26 Å². The van der Waals surface area contributed by atoms with E-state index >= 15 is 0 Å². The molecule has 6 heteroatoms. The van der Waals surface area contributed by atoms with Crippen molar-refractivity contribution in [3.63, 3.8) is 0 Å². The van der Waals surface area contributed by atoms with Crippen LogP contribution in [0.15, 0.2) is 67.0 Å². The van der Waals surface area contributed by atoms with Gasteiger partial charge in [0.1, 0.15) is 5.75 Å². The summed E-state index contributed by atoms with van der Waals surface area (Å²) in [5, 5.41) is 12.4. The van der Waals surface area contributed by atoms with E-state index in [1.807, 2.05) is 35.2 Å². The number of rotatable bonds is 5. The van der Waals surface area contributed by atoms with E-state index < -0.39 is 6.10 Å². The van der Waals surface area contributed by atoms with Crippen molar-refractivity contribution >= 4 is 23.2 Å². The van der Waals surface area contributed by atoms with Crippen molar-refractivity contribution in [1.82, 2.24) is 4.57 Å². The Labute approximate surface area is 156 Å². The van der Waals surface area contributed by atoms with Crippen LogP contribution < -0.4 is 10.1 Å². The van der Waals surface area contributed by atoms with Gasteiger partial charge in [-0.3, -0.25) is 4.79 Å². The molecule has 0 aliphatic heterocycles. The number of amides is 1. The van der Waals surface area contributed by atoms with Gasteiger partial charge < -0.3 is 14.6 Å². The van der Waals surface area contributed by atoms with E-state index in [1.165, 1.54) is 0 Å². The van der Waals surface area contributed by atoms with Gasteiger partial charge in [0.2, 0.25) is 0 Å². The lowest BCUT2D eigenvalue weighted by Crippen LogP contribution is -2.30. The summed E-state index contributed by atoms with van der Waals surface area (Å²) >= 11 is 6.09. The Balaban J connectivity index is 1.76. The van der Waals surface area contributed by atoms with Gasteiger partial charge in [-0.1, -0.05) is 17.7 Å². The molecule has 5 nitrogen and oxygen atoms in total. The van der Waals surface area contributed by atoms with Gasteiger partial charge in [0.25, 0.3) is 5.91 Å². The first-order valence-corrected chi connectivity index (χ1v) is 8.35. The molecular formula is C20H16ClN3O2. The first kappa shape index (κ1) is 17.6. The van der Waals surface area contributed by atoms with Crippen molar-refractivity contribution in [3.05, 3.63) is 77.6 Å². The molecular weight excluding hydrogens is 350 g/mol. The highest BCUT2D eigenvalue weighted by Crippen LogP contribution is 2.25. The predicted octanol–water partition coefficient (Wildman–Crippen LogP) is 4.41. The molecule has 1 atom stereocenters. The van der Waals surface area contributed by atoms with Gasteiger partial charge in [0, 0.05) is 17.4 Å². The average Bonchev–Trinajstić information content (AvgIpc) is 3.17. The first-order valence-electron chi connectivity index (χ1n) is 7.97. The number of aromatic nitrogens is 1. The molecule has 0 spiro atoms. The summed E-state index contributed by atoms with van der Waals surface area (Å²) in [6, 6.07) is 17.7. The number of hydrogen-bond acceptors (Lipinski definition) is 3. The first-order chi connectivity index (χ1) is 12.6. The van der Waals surface area contributed by atoms with E-state index in [2.05, 4.69) is 5.32 Å². The van der Waals surface area contributed by atoms with Crippen LogP contribution in [0.5, 0.6) is 5.75 Å². The molecule has 1 heterocycles. The third-order valence-corrected chi connectivity index (χ3v) is 3.98. The Hall–Kier alpha value is -3.23. The van der Waals surface area contributed by atoms with Crippen molar-refractivity contribution in [3.8, 4) is 17.5 Å². The van der Waals surface area contributed by atoms with Crippen LogP contribution in [0.2, 0.25) is 5.02 Å². The van der Waals surface area contributed by atoms with E-state index in [4.69, 9.17) is 21.6 Å². The summed E-state index contributed by atoms with van der Waals surface area (Å²) in [4.78, 5) is 12.5. The van der Waals surface area contributed by atoms with Crippen LogP contribution in [0.4, 0.5) is 5.69 Å². The second-order valence-electron chi connectivity index (χ2n) is 5.64. The maximum absolute atomic E-state index is 12.5. The van der Waals surface area contributed by atoms with Gasteiger partial charge >= 0.3 is 0 Å². The van der Waals surface area contributed by atoms with E-state index in [1.54, 1.807) is 49.4 Å². The third kappa shape index (κ3) is 4.05. The van der Waals surface area contributed by atoms with Gasteiger partial charge in [-0.25, -0.2) is 0 Å². The van der Waals surface area contributed by atoms with Crippen molar-refractivity contribution in [2.24, 2.45) is 0 Å². The fourth-order valence-electron chi connectivity index (χ4n) is 2.45. The molecule has 0 radical (unpaired) electrons. The molecule has 0 aliphatic rings. The number of benzene rings is 2. The number of nitrogens with zero attached hydrogens (tertiary/aromatic N) is 2. The molecule has 1 aromatic heterocycles. The number of halogens is 1. The van der Waals surface area contributed by atoms with Crippen molar-refractivity contribution in [2.45, 2.75) is 13.0 Å². The molecule has 3 rings (SSSR count). The zero-order chi connectivity index (χ0) is 18.5. The molecule has 0 bridgehead atoms. The van der Waals surface area contributed by atoms with Crippen LogP contribution in [0.3, 0.4) is 0 Å². The van der Waals surface area contributed by atoms with E-state index in [0.717, 1.165) is 5.69 Å². The van der Waals surface area contributed by atoms with Gasteiger partial charge in [0.15, 0.2) is 6.10 Å². The van der Waals surface area contributed by atoms with Gasteiger partial charge in [0.05, 0.1) is 23.0 Å². The lowest BCUT2D eigenvalue weighted by Gasteiger charge is -2.17. The minimum atomic E-state index is -0.739. The second-order valence-corrected chi connectivity index (χ2v) is 6.08. The molecule has 1 N–H and O–H groups in total. The lowest BCUT2D eigenvalue weighted by molar-refractivity contribution is -0.122. The Morgan fingerprint density at radius 1 is 1.19 bits per heavy atom. The summed E-state index contributed by atoms with van der Waals surface area (Å²) in [5.41, 5.74) is 1.86. The van der Waals surface area contributed by atoms with Crippen LogP contribution in [0.25, 0.3) is 5.69 Å². The zero-order valence-electron chi connectivity index (χ0n) is 14.0. The monoisotopic (exact) mass is 365 g/mol. The Morgan fingerprint density at radius 3 is 2.69 bits per heavy atom. The highest BCUT2D eigenvalue weighted by molar-refractivity contribution is 6.31. The van der Waals surface area contributed by atoms with Crippen LogP contribution in [0, 0.1) is 11.3 Å². The van der Waals surface area contributed by atoms with E-state index in [0.29, 0.717) is 22.0 Å².